The van der Waals surface area contributed by atoms with Crippen molar-refractivity contribution in [2.24, 2.45) is 0 Å². The van der Waals surface area contributed by atoms with E-state index in [9.17, 15) is 8.42 Å². The van der Waals surface area contributed by atoms with Crippen molar-refractivity contribution in [2.75, 3.05) is 0 Å². The zero-order valence-corrected chi connectivity index (χ0v) is 13.8. The second-order valence-electron chi connectivity index (χ2n) is 4.06. The van der Waals surface area contributed by atoms with E-state index < -0.39 is 10.0 Å². The molecule has 0 saturated carbocycles. The summed E-state index contributed by atoms with van der Waals surface area (Å²) in [5, 5.41) is 0. The largest absolute Gasteiger partial charge is 0.250 e. The summed E-state index contributed by atoms with van der Waals surface area (Å²) >= 11 is 10.4. The maximum Gasteiger partial charge on any atom is 0.250 e. The Labute approximate surface area is 120 Å². The molecule has 0 aromatic carbocycles. The van der Waals surface area contributed by atoms with E-state index >= 15 is 0 Å². The van der Waals surface area contributed by atoms with Crippen LogP contribution in [0.25, 0.3) is 0 Å². The van der Waals surface area contributed by atoms with Gasteiger partial charge in [0, 0.05) is 10.9 Å². The summed E-state index contributed by atoms with van der Waals surface area (Å²) in [6.07, 6.45) is 0.733. The van der Waals surface area contributed by atoms with Gasteiger partial charge >= 0.3 is 0 Å². The van der Waals surface area contributed by atoms with Gasteiger partial charge in [0.05, 0.1) is 4.34 Å². The predicted octanol–water partition coefficient (Wildman–Crippen LogP) is 3.55. The molecule has 0 spiro atoms. The van der Waals surface area contributed by atoms with Gasteiger partial charge in [-0.3, -0.25) is 0 Å². The first kappa shape index (κ1) is 15.4. The molecule has 0 aliphatic carbocycles. The van der Waals surface area contributed by atoms with E-state index in [1.165, 1.54) is 0 Å². The highest BCUT2D eigenvalue weighted by atomic mass is 79.9. The van der Waals surface area contributed by atoms with Crippen LogP contribution in [0.4, 0.5) is 0 Å². The van der Waals surface area contributed by atoms with E-state index in [0.717, 1.165) is 23.3 Å². The number of thiophene rings is 1. The normalized spacial score (nSPS) is 15.8. The molecular formula is C10H15BrClNO2S2. The maximum atomic E-state index is 12.0. The fraction of sp³-hybridized carbons (Fsp3) is 0.600. The lowest BCUT2D eigenvalue weighted by atomic mass is 10.2. The minimum Gasteiger partial charge on any atom is -0.208 e. The van der Waals surface area contributed by atoms with Crippen molar-refractivity contribution in [3.05, 3.63) is 16.0 Å². The Morgan fingerprint density at radius 3 is 2.53 bits per heavy atom. The molecule has 1 aromatic rings. The van der Waals surface area contributed by atoms with Gasteiger partial charge in [-0.15, -0.1) is 11.3 Å². The number of rotatable bonds is 5. The molecule has 7 heteroatoms. The molecule has 0 aliphatic heterocycles. The van der Waals surface area contributed by atoms with Crippen LogP contribution >= 0.6 is 38.9 Å². The summed E-state index contributed by atoms with van der Waals surface area (Å²) < 4.78 is 27.5. The second-order valence-corrected chi connectivity index (χ2v) is 9.22. The van der Waals surface area contributed by atoms with Gasteiger partial charge in [-0.1, -0.05) is 34.5 Å². The van der Waals surface area contributed by atoms with Gasteiger partial charge in [0.15, 0.2) is 0 Å². The number of hydrogen-bond donors (Lipinski definition) is 1. The van der Waals surface area contributed by atoms with Crippen LogP contribution in [0, 0.1) is 6.92 Å². The van der Waals surface area contributed by atoms with Crippen LogP contribution in [-0.2, 0) is 10.0 Å². The van der Waals surface area contributed by atoms with Crippen LogP contribution < -0.4 is 4.72 Å². The zero-order chi connectivity index (χ0) is 13.2. The molecule has 1 N–H and O–H groups in total. The Hall–Kier alpha value is 0.380. The number of aryl methyl sites for hydroxylation is 1. The van der Waals surface area contributed by atoms with Crippen LogP contribution in [0.3, 0.4) is 0 Å². The van der Waals surface area contributed by atoms with Crippen LogP contribution in [0.15, 0.2) is 10.3 Å². The molecule has 3 nitrogen and oxygen atoms in total. The molecule has 0 amide bonds. The van der Waals surface area contributed by atoms with Crippen molar-refractivity contribution >= 4 is 48.9 Å². The molecule has 17 heavy (non-hydrogen) atoms. The number of sulfonamides is 1. The minimum absolute atomic E-state index is 0.115. The first-order valence-corrected chi connectivity index (χ1v) is 8.74. The van der Waals surface area contributed by atoms with Gasteiger partial charge in [-0.2, -0.15) is 0 Å². The Kier molecular flexibility index (Phi) is 5.46. The van der Waals surface area contributed by atoms with Crippen molar-refractivity contribution in [1.29, 1.82) is 0 Å². The minimum atomic E-state index is -3.44. The number of hydrogen-bond acceptors (Lipinski definition) is 3. The van der Waals surface area contributed by atoms with Gasteiger partial charge in [-0.25, -0.2) is 13.1 Å². The Bertz CT molecular complexity index is 465. The van der Waals surface area contributed by atoms with Crippen LogP contribution in [0.1, 0.15) is 25.8 Å². The summed E-state index contributed by atoms with van der Waals surface area (Å²) in [5.74, 6) is 0. The molecule has 0 saturated heterocycles. The summed E-state index contributed by atoms with van der Waals surface area (Å²) in [7, 11) is -3.44. The number of halogens is 2. The molecular weight excluding hydrogens is 346 g/mol. The van der Waals surface area contributed by atoms with E-state index in [0.29, 0.717) is 4.34 Å². The predicted molar refractivity (Wildman–Crippen MR) is 76.9 cm³/mol. The molecule has 0 radical (unpaired) electrons. The average Bonchev–Trinajstić information content (AvgIpc) is 2.44. The topological polar surface area (TPSA) is 46.2 Å². The lowest BCUT2D eigenvalue weighted by Crippen LogP contribution is -2.33. The molecule has 1 heterocycles. The summed E-state index contributed by atoms with van der Waals surface area (Å²) in [5.41, 5.74) is 0.790. The third kappa shape index (κ3) is 4.52. The van der Waals surface area contributed by atoms with Crippen LogP contribution in [0.2, 0.25) is 4.34 Å². The Morgan fingerprint density at radius 2 is 2.12 bits per heavy atom. The van der Waals surface area contributed by atoms with Gasteiger partial charge < -0.3 is 0 Å². The van der Waals surface area contributed by atoms with Crippen LogP contribution in [0.5, 0.6) is 0 Å². The SMILES string of the molecule is Cc1cc(S(=O)(=O)NC(C)CC(C)Br)sc1Cl. The average molecular weight is 361 g/mol. The third-order valence-electron chi connectivity index (χ3n) is 2.13. The molecule has 0 aliphatic rings. The zero-order valence-electron chi connectivity index (χ0n) is 9.83. The fourth-order valence-electron chi connectivity index (χ4n) is 1.42. The van der Waals surface area contributed by atoms with E-state index in [2.05, 4.69) is 20.7 Å². The van der Waals surface area contributed by atoms with Gasteiger partial charge in [0.2, 0.25) is 10.0 Å². The first-order chi connectivity index (χ1) is 7.72. The fourth-order valence-corrected chi connectivity index (χ4v) is 4.96. The highest BCUT2D eigenvalue weighted by Gasteiger charge is 2.21. The Balaban J connectivity index is 2.82. The molecule has 1 rings (SSSR count). The van der Waals surface area contributed by atoms with Gasteiger partial charge in [-0.05, 0) is 31.9 Å². The van der Waals surface area contributed by atoms with Crippen molar-refractivity contribution in [1.82, 2.24) is 4.72 Å². The summed E-state index contributed by atoms with van der Waals surface area (Å²) in [4.78, 5) is 0.272. The monoisotopic (exact) mass is 359 g/mol. The third-order valence-corrected chi connectivity index (χ3v) is 6.13. The van der Waals surface area contributed by atoms with Crippen molar-refractivity contribution in [3.8, 4) is 0 Å². The standard InChI is InChI=1S/C10H15BrClNO2S2/c1-6-4-9(16-10(6)12)17(14,15)13-8(3)5-7(2)11/h4,7-8,13H,5H2,1-3H3. The molecule has 98 valence electrons. The van der Waals surface area contributed by atoms with E-state index in [1.54, 1.807) is 13.0 Å². The van der Waals surface area contributed by atoms with E-state index in [1.807, 2.05) is 13.8 Å². The Morgan fingerprint density at radius 1 is 1.53 bits per heavy atom. The first-order valence-electron chi connectivity index (χ1n) is 5.14. The smallest absolute Gasteiger partial charge is 0.208 e. The van der Waals surface area contributed by atoms with Crippen LogP contribution in [-0.4, -0.2) is 19.3 Å². The molecule has 0 fully saturated rings. The van der Waals surface area contributed by atoms with Crippen molar-refractivity contribution < 1.29 is 8.42 Å². The summed E-state index contributed by atoms with van der Waals surface area (Å²) in [6, 6.07) is 1.48. The number of alkyl halides is 1. The van der Waals surface area contributed by atoms with Gasteiger partial charge in [0.1, 0.15) is 4.21 Å². The van der Waals surface area contributed by atoms with Crippen molar-refractivity contribution in [3.63, 3.8) is 0 Å². The quantitative estimate of drug-likeness (QED) is 0.816. The molecule has 2 atom stereocenters. The lowest BCUT2D eigenvalue weighted by Gasteiger charge is -2.14. The van der Waals surface area contributed by atoms with Gasteiger partial charge in [0.25, 0.3) is 0 Å². The number of nitrogens with one attached hydrogen (secondary N) is 1. The highest BCUT2D eigenvalue weighted by Crippen LogP contribution is 2.30. The molecule has 2 unspecified atom stereocenters. The van der Waals surface area contributed by atoms with E-state index in [4.69, 9.17) is 11.6 Å². The maximum absolute atomic E-state index is 12.0. The summed E-state index contributed by atoms with van der Waals surface area (Å²) in [6.45, 7) is 5.62. The van der Waals surface area contributed by atoms with E-state index in [-0.39, 0.29) is 15.1 Å². The second kappa shape index (κ2) is 6.02. The van der Waals surface area contributed by atoms with Crippen molar-refractivity contribution in [2.45, 2.75) is 42.3 Å². The molecule has 1 aromatic heterocycles. The highest BCUT2D eigenvalue weighted by molar-refractivity contribution is 9.09. The lowest BCUT2D eigenvalue weighted by molar-refractivity contribution is 0.549. The molecule has 0 bridgehead atoms.